The summed E-state index contributed by atoms with van der Waals surface area (Å²) in [5.41, 5.74) is 0.636. The van der Waals surface area contributed by atoms with Crippen LogP contribution in [-0.2, 0) is 11.8 Å². The van der Waals surface area contributed by atoms with Gasteiger partial charge in [0, 0.05) is 26.2 Å². The Hall–Kier alpha value is -1.78. The molecule has 1 atom stereocenters. The largest absolute Gasteiger partial charge is 0.481 e. The number of nitrogens with zero attached hydrogens (tertiary/aromatic N) is 1. The summed E-state index contributed by atoms with van der Waals surface area (Å²) in [4.78, 5) is 22.5. The van der Waals surface area contributed by atoms with Crippen molar-refractivity contribution < 1.29 is 14.7 Å². The lowest BCUT2D eigenvalue weighted by Crippen LogP contribution is -2.28. The van der Waals surface area contributed by atoms with Gasteiger partial charge in [-0.1, -0.05) is 13.8 Å². The molecule has 1 rings (SSSR count). The Bertz CT molecular complexity index is 452. The standard InChI is InChI=1S/C15H24N2O3/c1-11(2)12(6-7-14(18)19)8-9-16-15(20)13-5-4-10-17(13)3/h4-5,10-12H,6-9H2,1-3H3,(H,16,20)(H,18,19). The van der Waals surface area contributed by atoms with Crippen LogP contribution in [0.3, 0.4) is 0 Å². The van der Waals surface area contributed by atoms with E-state index in [0.717, 1.165) is 6.42 Å². The number of carboxylic acids is 1. The first-order valence-corrected chi connectivity index (χ1v) is 7.03. The molecule has 0 aliphatic heterocycles. The van der Waals surface area contributed by atoms with Crippen molar-refractivity contribution in [1.29, 1.82) is 0 Å². The van der Waals surface area contributed by atoms with Crippen LogP contribution in [0.5, 0.6) is 0 Å². The van der Waals surface area contributed by atoms with E-state index >= 15 is 0 Å². The number of hydrogen-bond acceptors (Lipinski definition) is 2. The van der Waals surface area contributed by atoms with Crippen molar-refractivity contribution >= 4 is 11.9 Å². The molecule has 0 saturated carbocycles. The van der Waals surface area contributed by atoms with Crippen LogP contribution in [0.25, 0.3) is 0 Å². The zero-order chi connectivity index (χ0) is 15.1. The number of aliphatic carboxylic acids is 1. The SMILES string of the molecule is CC(C)C(CCNC(=O)c1cccn1C)CCC(=O)O. The van der Waals surface area contributed by atoms with Crippen LogP contribution in [-0.4, -0.2) is 28.1 Å². The van der Waals surface area contributed by atoms with Crippen molar-refractivity contribution in [3.05, 3.63) is 24.0 Å². The van der Waals surface area contributed by atoms with Crippen LogP contribution in [0.2, 0.25) is 0 Å². The van der Waals surface area contributed by atoms with E-state index in [4.69, 9.17) is 5.11 Å². The molecular weight excluding hydrogens is 256 g/mol. The Balaban J connectivity index is 2.38. The van der Waals surface area contributed by atoms with Gasteiger partial charge in [0.15, 0.2) is 0 Å². The van der Waals surface area contributed by atoms with Crippen molar-refractivity contribution in [3.63, 3.8) is 0 Å². The van der Waals surface area contributed by atoms with Gasteiger partial charge in [-0.3, -0.25) is 9.59 Å². The third kappa shape index (κ3) is 5.07. The molecule has 5 heteroatoms. The summed E-state index contributed by atoms with van der Waals surface area (Å²) in [5, 5.41) is 11.6. The number of aryl methyl sites for hydroxylation is 1. The van der Waals surface area contributed by atoms with Gasteiger partial charge in [-0.2, -0.15) is 0 Å². The lowest BCUT2D eigenvalue weighted by molar-refractivity contribution is -0.137. The Kier molecular flexibility index (Phi) is 6.28. The van der Waals surface area contributed by atoms with E-state index in [0.29, 0.717) is 30.5 Å². The predicted molar refractivity (Wildman–Crippen MR) is 77.6 cm³/mol. The molecule has 20 heavy (non-hydrogen) atoms. The van der Waals surface area contributed by atoms with Gasteiger partial charge in [-0.15, -0.1) is 0 Å². The first-order valence-electron chi connectivity index (χ1n) is 7.03. The van der Waals surface area contributed by atoms with Gasteiger partial charge in [0.25, 0.3) is 5.91 Å². The number of aromatic nitrogens is 1. The first kappa shape index (κ1) is 16.3. The molecular formula is C15H24N2O3. The summed E-state index contributed by atoms with van der Waals surface area (Å²) in [6, 6.07) is 3.61. The molecule has 112 valence electrons. The van der Waals surface area contributed by atoms with Gasteiger partial charge in [0.05, 0.1) is 0 Å². The molecule has 5 nitrogen and oxygen atoms in total. The Morgan fingerprint density at radius 2 is 2.05 bits per heavy atom. The quantitative estimate of drug-likeness (QED) is 0.767. The third-order valence-corrected chi connectivity index (χ3v) is 3.65. The Morgan fingerprint density at radius 3 is 2.55 bits per heavy atom. The zero-order valence-electron chi connectivity index (χ0n) is 12.4. The summed E-state index contributed by atoms with van der Waals surface area (Å²) < 4.78 is 1.78. The number of rotatable bonds is 8. The van der Waals surface area contributed by atoms with Gasteiger partial charge in [-0.05, 0) is 36.8 Å². The summed E-state index contributed by atoms with van der Waals surface area (Å²) in [7, 11) is 1.83. The molecule has 1 heterocycles. The minimum atomic E-state index is -0.761. The fourth-order valence-electron chi connectivity index (χ4n) is 2.28. The van der Waals surface area contributed by atoms with Gasteiger partial charge >= 0.3 is 5.97 Å². The molecule has 1 amide bonds. The predicted octanol–water partition coefficient (Wildman–Crippen LogP) is 2.28. The lowest BCUT2D eigenvalue weighted by Gasteiger charge is -2.20. The molecule has 0 aromatic carbocycles. The summed E-state index contributed by atoms with van der Waals surface area (Å²) >= 11 is 0. The average Bonchev–Trinajstić information content (AvgIpc) is 2.78. The lowest BCUT2D eigenvalue weighted by atomic mass is 9.88. The van der Waals surface area contributed by atoms with E-state index in [-0.39, 0.29) is 12.3 Å². The first-order chi connectivity index (χ1) is 9.41. The number of amides is 1. The van der Waals surface area contributed by atoms with Crippen LogP contribution in [0, 0.1) is 11.8 Å². The maximum absolute atomic E-state index is 11.9. The molecule has 0 saturated heterocycles. The molecule has 2 N–H and O–H groups in total. The van der Waals surface area contributed by atoms with Crippen molar-refractivity contribution in [2.75, 3.05) is 6.54 Å². The van der Waals surface area contributed by atoms with Crippen LogP contribution < -0.4 is 5.32 Å². The number of hydrogen-bond donors (Lipinski definition) is 2. The summed E-state index contributed by atoms with van der Waals surface area (Å²) in [6.45, 7) is 4.75. The van der Waals surface area contributed by atoms with Gasteiger partial charge in [-0.25, -0.2) is 0 Å². The molecule has 1 aromatic heterocycles. The van der Waals surface area contributed by atoms with Crippen molar-refractivity contribution in [2.45, 2.75) is 33.1 Å². The van der Waals surface area contributed by atoms with Crippen molar-refractivity contribution in [3.8, 4) is 0 Å². The molecule has 0 aliphatic carbocycles. The molecule has 0 radical (unpaired) electrons. The normalized spacial score (nSPS) is 12.4. The minimum Gasteiger partial charge on any atom is -0.481 e. The number of carbonyl (C=O) groups is 2. The molecule has 0 spiro atoms. The average molecular weight is 280 g/mol. The minimum absolute atomic E-state index is 0.0850. The van der Waals surface area contributed by atoms with E-state index in [9.17, 15) is 9.59 Å². The molecule has 0 fully saturated rings. The van der Waals surface area contributed by atoms with E-state index in [1.165, 1.54) is 0 Å². The summed E-state index contributed by atoms with van der Waals surface area (Å²) in [6.07, 6.45) is 3.49. The second-order valence-electron chi connectivity index (χ2n) is 5.49. The maximum Gasteiger partial charge on any atom is 0.303 e. The fourth-order valence-corrected chi connectivity index (χ4v) is 2.28. The molecule has 0 aliphatic rings. The van der Waals surface area contributed by atoms with E-state index in [1.807, 2.05) is 19.3 Å². The number of nitrogens with one attached hydrogen (secondary N) is 1. The van der Waals surface area contributed by atoms with E-state index in [1.54, 1.807) is 10.6 Å². The topological polar surface area (TPSA) is 71.3 Å². The fraction of sp³-hybridized carbons (Fsp3) is 0.600. The molecule has 1 unspecified atom stereocenters. The van der Waals surface area contributed by atoms with Crippen LogP contribution in [0.4, 0.5) is 0 Å². The second kappa shape index (κ2) is 7.72. The van der Waals surface area contributed by atoms with Crippen LogP contribution in [0.1, 0.15) is 43.6 Å². The van der Waals surface area contributed by atoms with E-state index in [2.05, 4.69) is 19.2 Å². The van der Waals surface area contributed by atoms with E-state index < -0.39 is 5.97 Å². The molecule has 1 aromatic rings. The highest BCUT2D eigenvalue weighted by atomic mass is 16.4. The van der Waals surface area contributed by atoms with Crippen molar-refractivity contribution in [2.24, 2.45) is 18.9 Å². The third-order valence-electron chi connectivity index (χ3n) is 3.65. The van der Waals surface area contributed by atoms with Crippen LogP contribution >= 0.6 is 0 Å². The van der Waals surface area contributed by atoms with Gasteiger partial charge in [0.1, 0.15) is 5.69 Å². The monoisotopic (exact) mass is 280 g/mol. The molecule has 0 bridgehead atoms. The Morgan fingerprint density at radius 1 is 1.35 bits per heavy atom. The number of carboxylic acid groups (broad SMARTS) is 1. The van der Waals surface area contributed by atoms with Crippen molar-refractivity contribution in [1.82, 2.24) is 9.88 Å². The highest BCUT2D eigenvalue weighted by molar-refractivity contribution is 5.92. The smallest absolute Gasteiger partial charge is 0.303 e. The second-order valence-corrected chi connectivity index (χ2v) is 5.49. The highest BCUT2D eigenvalue weighted by Crippen LogP contribution is 2.20. The summed E-state index contributed by atoms with van der Waals surface area (Å²) in [5.74, 6) is -0.108. The van der Waals surface area contributed by atoms with Gasteiger partial charge < -0.3 is 15.0 Å². The number of carbonyl (C=O) groups excluding carboxylic acids is 1. The van der Waals surface area contributed by atoms with Gasteiger partial charge in [0.2, 0.25) is 0 Å². The zero-order valence-corrected chi connectivity index (χ0v) is 12.4. The maximum atomic E-state index is 11.9. The highest BCUT2D eigenvalue weighted by Gasteiger charge is 2.16. The van der Waals surface area contributed by atoms with Crippen LogP contribution in [0.15, 0.2) is 18.3 Å². The Labute approximate surface area is 120 Å².